The van der Waals surface area contributed by atoms with Crippen molar-refractivity contribution in [1.29, 1.82) is 0 Å². The Bertz CT molecular complexity index is 206. The van der Waals surface area contributed by atoms with Crippen LogP contribution < -0.4 is 0 Å². The minimum atomic E-state index is -0.715. The molecular formula is C8H12Cl2O3. The molecule has 13 heavy (non-hydrogen) atoms. The highest BCUT2D eigenvalue weighted by atomic mass is 35.5. The average Bonchev–Trinajstić information content (AvgIpc) is 2.26. The summed E-state index contributed by atoms with van der Waals surface area (Å²) in [6, 6.07) is 0. The molecule has 0 spiro atoms. The quantitative estimate of drug-likeness (QED) is 0.532. The lowest BCUT2D eigenvalue weighted by Crippen LogP contribution is -2.38. The fourth-order valence-corrected chi connectivity index (χ4v) is 1.95. The van der Waals surface area contributed by atoms with Crippen LogP contribution in [0.3, 0.4) is 0 Å². The van der Waals surface area contributed by atoms with Crippen molar-refractivity contribution in [2.75, 3.05) is 12.5 Å². The van der Waals surface area contributed by atoms with Crippen LogP contribution in [-0.2, 0) is 14.3 Å². The topological polar surface area (TPSA) is 35.5 Å². The van der Waals surface area contributed by atoms with Crippen LogP contribution in [0, 0.1) is 5.92 Å². The van der Waals surface area contributed by atoms with Gasteiger partial charge in [0.2, 0.25) is 6.29 Å². The molecule has 1 saturated heterocycles. The Morgan fingerprint density at radius 3 is 2.77 bits per heavy atom. The predicted molar refractivity (Wildman–Crippen MR) is 50.0 cm³/mol. The largest absolute Gasteiger partial charge is 0.434 e. The number of carbonyl (C=O) groups is 1. The van der Waals surface area contributed by atoms with E-state index in [2.05, 4.69) is 0 Å². The van der Waals surface area contributed by atoms with Gasteiger partial charge in [0.05, 0.1) is 6.61 Å². The zero-order chi connectivity index (χ0) is 10.1. The molecule has 1 aliphatic heterocycles. The van der Waals surface area contributed by atoms with Crippen molar-refractivity contribution < 1.29 is 14.3 Å². The summed E-state index contributed by atoms with van der Waals surface area (Å²) in [7, 11) is 0. The van der Waals surface area contributed by atoms with Crippen molar-refractivity contribution in [3.63, 3.8) is 0 Å². The number of hydrogen-bond acceptors (Lipinski definition) is 3. The SMILES string of the molecule is CC(=O)OC1OCC(CCl)C1(C)Cl. The summed E-state index contributed by atoms with van der Waals surface area (Å²) in [5.74, 6) is 0.0184. The normalized spacial score (nSPS) is 39.1. The Morgan fingerprint density at radius 1 is 1.77 bits per heavy atom. The predicted octanol–water partition coefficient (Wildman–Crippen LogP) is 1.76. The minimum absolute atomic E-state index is 0.0141. The first-order valence-electron chi connectivity index (χ1n) is 4.02. The first-order chi connectivity index (χ1) is 5.98. The zero-order valence-corrected chi connectivity index (χ0v) is 9.06. The van der Waals surface area contributed by atoms with E-state index >= 15 is 0 Å². The van der Waals surface area contributed by atoms with Gasteiger partial charge < -0.3 is 9.47 Å². The minimum Gasteiger partial charge on any atom is -0.434 e. The summed E-state index contributed by atoms with van der Waals surface area (Å²) in [5.41, 5.74) is 0. The second-order valence-corrected chi connectivity index (χ2v) is 4.40. The van der Waals surface area contributed by atoms with Gasteiger partial charge in [-0.25, -0.2) is 0 Å². The summed E-state index contributed by atoms with van der Waals surface area (Å²) in [5, 5.41) is 0. The van der Waals surface area contributed by atoms with Crippen LogP contribution in [0.5, 0.6) is 0 Å². The van der Waals surface area contributed by atoms with Crippen molar-refractivity contribution in [3.05, 3.63) is 0 Å². The molecule has 3 nitrogen and oxygen atoms in total. The Labute approximate surface area is 87.3 Å². The highest BCUT2D eigenvalue weighted by Crippen LogP contribution is 2.38. The Morgan fingerprint density at radius 2 is 2.38 bits per heavy atom. The van der Waals surface area contributed by atoms with E-state index in [9.17, 15) is 4.79 Å². The van der Waals surface area contributed by atoms with Crippen molar-refractivity contribution in [3.8, 4) is 0 Å². The number of alkyl halides is 2. The fraction of sp³-hybridized carbons (Fsp3) is 0.875. The third kappa shape index (κ3) is 2.27. The van der Waals surface area contributed by atoms with E-state index in [1.165, 1.54) is 6.92 Å². The van der Waals surface area contributed by atoms with Gasteiger partial charge in [0, 0.05) is 18.7 Å². The first-order valence-corrected chi connectivity index (χ1v) is 4.93. The van der Waals surface area contributed by atoms with Gasteiger partial charge in [-0.3, -0.25) is 4.79 Å². The molecule has 0 amide bonds. The van der Waals surface area contributed by atoms with E-state index in [4.69, 9.17) is 32.7 Å². The van der Waals surface area contributed by atoms with Gasteiger partial charge in [-0.1, -0.05) is 0 Å². The molecule has 0 aliphatic carbocycles. The molecule has 76 valence electrons. The number of hydrogen-bond donors (Lipinski definition) is 0. The molecule has 0 radical (unpaired) electrons. The first kappa shape index (κ1) is 11.1. The zero-order valence-electron chi connectivity index (χ0n) is 7.55. The van der Waals surface area contributed by atoms with Crippen molar-refractivity contribution in [2.45, 2.75) is 25.0 Å². The van der Waals surface area contributed by atoms with Crippen molar-refractivity contribution in [2.24, 2.45) is 5.92 Å². The van der Waals surface area contributed by atoms with Crippen molar-refractivity contribution in [1.82, 2.24) is 0 Å². The van der Waals surface area contributed by atoms with Crippen LogP contribution in [0.15, 0.2) is 0 Å². The van der Waals surface area contributed by atoms with Gasteiger partial charge in [-0.05, 0) is 6.92 Å². The lowest BCUT2D eigenvalue weighted by atomic mass is 9.98. The van der Waals surface area contributed by atoms with E-state index in [-0.39, 0.29) is 5.92 Å². The molecule has 0 aromatic carbocycles. The van der Waals surface area contributed by atoms with Crippen LogP contribution in [0.2, 0.25) is 0 Å². The van der Waals surface area contributed by atoms with Gasteiger partial charge in [-0.2, -0.15) is 0 Å². The summed E-state index contributed by atoms with van der Waals surface area (Å²) in [6.07, 6.45) is -0.685. The molecule has 0 saturated carbocycles. The third-order valence-electron chi connectivity index (χ3n) is 2.17. The monoisotopic (exact) mass is 226 g/mol. The molecule has 0 N–H and O–H groups in total. The molecule has 1 rings (SSSR count). The van der Waals surface area contributed by atoms with Crippen molar-refractivity contribution >= 4 is 29.2 Å². The Kier molecular flexibility index (Phi) is 3.44. The summed E-state index contributed by atoms with van der Waals surface area (Å²) < 4.78 is 10.1. The maximum Gasteiger partial charge on any atom is 0.304 e. The Hall–Kier alpha value is 0.01000. The number of halogens is 2. The molecule has 1 fully saturated rings. The van der Waals surface area contributed by atoms with Crippen LogP contribution >= 0.6 is 23.2 Å². The Balaban J connectivity index is 2.64. The van der Waals surface area contributed by atoms with E-state index in [0.29, 0.717) is 12.5 Å². The molecule has 5 heteroatoms. The average molecular weight is 227 g/mol. The smallest absolute Gasteiger partial charge is 0.304 e. The molecule has 1 heterocycles. The van der Waals surface area contributed by atoms with Gasteiger partial charge in [0.15, 0.2) is 0 Å². The standard InChI is InChI=1S/C8H12Cl2O3/c1-5(11)13-7-8(2,10)6(3-9)4-12-7/h6-7H,3-4H2,1-2H3. The highest BCUT2D eigenvalue weighted by Gasteiger charge is 2.48. The number of carbonyl (C=O) groups excluding carboxylic acids is 1. The van der Waals surface area contributed by atoms with Gasteiger partial charge in [0.25, 0.3) is 0 Å². The lowest BCUT2D eigenvalue weighted by Gasteiger charge is -2.25. The number of ether oxygens (including phenoxy) is 2. The molecule has 3 atom stereocenters. The van der Waals surface area contributed by atoms with Gasteiger partial charge in [0.1, 0.15) is 4.87 Å². The maximum absolute atomic E-state index is 10.7. The van der Waals surface area contributed by atoms with E-state index in [0.717, 1.165) is 0 Å². The second-order valence-electron chi connectivity index (χ2n) is 3.28. The second kappa shape index (κ2) is 4.03. The maximum atomic E-state index is 10.7. The third-order valence-corrected chi connectivity index (χ3v) is 3.03. The number of esters is 1. The van der Waals surface area contributed by atoms with E-state index in [1.807, 2.05) is 0 Å². The summed E-state index contributed by atoms with van der Waals surface area (Å²) >= 11 is 11.8. The molecule has 0 aromatic rings. The molecule has 0 aromatic heterocycles. The fourth-order valence-electron chi connectivity index (χ4n) is 1.22. The van der Waals surface area contributed by atoms with Gasteiger partial charge >= 0.3 is 5.97 Å². The molecule has 1 aliphatic rings. The molecule has 3 unspecified atom stereocenters. The van der Waals surface area contributed by atoms with E-state index in [1.54, 1.807) is 6.92 Å². The van der Waals surface area contributed by atoms with Gasteiger partial charge in [-0.15, -0.1) is 23.2 Å². The van der Waals surface area contributed by atoms with Crippen LogP contribution in [0.1, 0.15) is 13.8 Å². The van der Waals surface area contributed by atoms with E-state index < -0.39 is 17.1 Å². The molecular weight excluding hydrogens is 215 g/mol. The van der Waals surface area contributed by atoms with Crippen LogP contribution in [0.4, 0.5) is 0 Å². The number of rotatable bonds is 2. The highest BCUT2D eigenvalue weighted by molar-refractivity contribution is 6.25. The van der Waals surface area contributed by atoms with Crippen LogP contribution in [-0.4, -0.2) is 29.6 Å². The molecule has 0 bridgehead atoms. The lowest BCUT2D eigenvalue weighted by molar-refractivity contribution is -0.170. The van der Waals surface area contributed by atoms with Crippen LogP contribution in [0.25, 0.3) is 0 Å². The summed E-state index contributed by atoms with van der Waals surface area (Å²) in [6.45, 7) is 3.52. The summed E-state index contributed by atoms with van der Waals surface area (Å²) in [4.78, 5) is 9.97.